The molecular weight excluding hydrogens is 266 g/mol. The van der Waals surface area contributed by atoms with E-state index >= 15 is 0 Å². The Bertz CT molecular complexity index is 769. The summed E-state index contributed by atoms with van der Waals surface area (Å²) in [5.74, 6) is -0.355. The molecule has 0 saturated carbocycles. The Morgan fingerprint density at radius 1 is 1.19 bits per heavy atom. The molecule has 2 aromatic rings. The van der Waals surface area contributed by atoms with Gasteiger partial charge >= 0.3 is 0 Å². The molecule has 0 bridgehead atoms. The summed E-state index contributed by atoms with van der Waals surface area (Å²) in [5.41, 5.74) is 0.880. The fraction of sp³-hybridized carbons (Fsp3) is 0.412. The van der Waals surface area contributed by atoms with Crippen molar-refractivity contribution in [1.29, 1.82) is 0 Å². The molecular formula is C17H19NO3. The topological polar surface area (TPSA) is 57.6 Å². The second kappa shape index (κ2) is 4.45. The normalized spacial score (nSPS) is 20.0. The maximum Gasteiger partial charge on any atom is 0.268 e. The highest BCUT2D eigenvalue weighted by atomic mass is 16.3. The van der Waals surface area contributed by atoms with Crippen LogP contribution >= 0.6 is 0 Å². The van der Waals surface area contributed by atoms with Crippen molar-refractivity contribution in [2.45, 2.75) is 38.6 Å². The van der Waals surface area contributed by atoms with E-state index in [9.17, 15) is 14.7 Å². The minimum absolute atomic E-state index is 0.273. The summed E-state index contributed by atoms with van der Waals surface area (Å²) in [6.45, 7) is 6.97. The van der Waals surface area contributed by atoms with E-state index in [1.54, 1.807) is 0 Å². The van der Waals surface area contributed by atoms with Gasteiger partial charge in [0.25, 0.3) is 5.43 Å². The van der Waals surface area contributed by atoms with E-state index in [4.69, 9.17) is 0 Å². The third-order valence-corrected chi connectivity index (χ3v) is 4.56. The van der Waals surface area contributed by atoms with Gasteiger partial charge < -0.3 is 10.0 Å². The smallest absolute Gasteiger partial charge is 0.268 e. The number of aromatic hydroxyl groups is 1. The summed E-state index contributed by atoms with van der Waals surface area (Å²) < 4.78 is 0. The van der Waals surface area contributed by atoms with Crippen LogP contribution in [0.3, 0.4) is 0 Å². The maximum atomic E-state index is 12.0. The van der Waals surface area contributed by atoms with E-state index in [1.165, 1.54) is 0 Å². The molecule has 110 valence electrons. The van der Waals surface area contributed by atoms with E-state index in [1.807, 2.05) is 18.2 Å². The summed E-state index contributed by atoms with van der Waals surface area (Å²) in [7, 11) is 0. The summed E-state index contributed by atoms with van der Waals surface area (Å²) in [6, 6.07) is 7.77. The molecule has 1 heterocycles. The molecule has 2 aromatic carbocycles. The van der Waals surface area contributed by atoms with Crippen molar-refractivity contribution in [2.24, 2.45) is 0 Å². The van der Waals surface area contributed by atoms with Crippen LogP contribution in [-0.2, 0) is 5.41 Å². The maximum absolute atomic E-state index is 12.0. The summed E-state index contributed by atoms with van der Waals surface area (Å²) >= 11 is 0. The third kappa shape index (κ3) is 1.68. The number of rotatable bonds is 3. The molecule has 1 aliphatic heterocycles. The molecule has 1 unspecified atom stereocenters. The molecule has 0 aliphatic carbocycles. The monoisotopic (exact) mass is 285 g/mol. The summed E-state index contributed by atoms with van der Waals surface area (Å²) in [4.78, 5) is 25.5. The Morgan fingerprint density at radius 2 is 1.86 bits per heavy atom. The van der Waals surface area contributed by atoms with Crippen molar-refractivity contribution in [3.8, 4) is 5.75 Å². The lowest BCUT2D eigenvalue weighted by molar-refractivity contribution is 0.388. The van der Waals surface area contributed by atoms with Gasteiger partial charge in [-0.25, -0.2) is 0 Å². The van der Waals surface area contributed by atoms with Crippen LogP contribution in [0.25, 0.3) is 0 Å². The molecule has 21 heavy (non-hydrogen) atoms. The van der Waals surface area contributed by atoms with Gasteiger partial charge in [-0.2, -0.15) is 0 Å². The highest BCUT2D eigenvalue weighted by Crippen LogP contribution is 2.53. The standard InChI is InChI=1S/C17H19NO3/c1-4-9-18-11-8-6-5-7-10(11)17(2,3)16(18)12-13(19)15(21)14(12)20/h5-8,16,19H,4,9H2,1-3H3. The van der Waals surface area contributed by atoms with Crippen LogP contribution in [-0.4, -0.2) is 11.7 Å². The van der Waals surface area contributed by atoms with Crippen LogP contribution in [0.4, 0.5) is 5.69 Å². The van der Waals surface area contributed by atoms with Gasteiger partial charge in [-0.1, -0.05) is 39.0 Å². The molecule has 1 atom stereocenters. The molecule has 1 N–H and O–H groups in total. The lowest BCUT2D eigenvalue weighted by Gasteiger charge is -2.35. The second-order valence-electron chi connectivity index (χ2n) is 6.26. The van der Waals surface area contributed by atoms with Gasteiger partial charge in [0.05, 0.1) is 11.6 Å². The Kier molecular flexibility index (Phi) is 2.94. The van der Waals surface area contributed by atoms with Crippen molar-refractivity contribution < 1.29 is 5.11 Å². The van der Waals surface area contributed by atoms with Crippen LogP contribution in [0.1, 0.15) is 44.4 Å². The van der Waals surface area contributed by atoms with Crippen LogP contribution in [0.15, 0.2) is 33.9 Å². The number of nitrogens with zero attached hydrogens (tertiary/aromatic N) is 1. The largest absolute Gasteiger partial charge is 0.504 e. The first kappa shape index (κ1) is 13.9. The molecule has 0 fully saturated rings. The first-order valence-corrected chi connectivity index (χ1v) is 7.29. The summed E-state index contributed by atoms with van der Waals surface area (Å²) in [5, 5.41) is 9.89. The Hall–Kier alpha value is -2.10. The minimum Gasteiger partial charge on any atom is -0.504 e. The number of benzene rings is 1. The van der Waals surface area contributed by atoms with E-state index in [2.05, 4.69) is 31.7 Å². The number of anilines is 1. The Balaban J connectivity index is 2.21. The number of hydrogen-bond acceptors (Lipinski definition) is 4. The molecule has 0 spiro atoms. The lowest BCUT2D eigenvalue weighted by atomic mass is 9.76. The Labute approximate surface area is 123 Å². The molecule has 0 aromatic heterocycles. The van der Waals surface area contributed by atoms with E-state index in [-0.39, 0.29) is 22.8 Å². The van der Waals surface area contributed by atoms with E-state index in [0.717, 1.165) is 24.2 Å². The lowest BCUT2D eigenvalue weighted by Crippen LogP contribution is -2.44. The predicted octanol–water partition coefficient (Wildman–Crippen LogP) is 2.24. The fourth-order valence-corrected chi connectivity index (χ4v) is 3.60. The first-order chi connectivity index (χ1) is 9.91. The van der Waals surface area contributed by atoms with Crippen LogP contribution < -0.4 is 15.8 Å². The van der Waals surface area contributed by atoms with Gasteiger partial charge in [0.1, 0.15) is 0 Å². The first-order valence-electron chi connectivity index (χ1n) is 7.29. The van der Waals surface area contributed by atoms with Crippen molar-refractivity contribution in [3.63, 3.8) is 0 Å². The SMILES string of the molecule is CCCN1c2ccccc2C(C)(C)C1c1c(O)c(=O)c1=O. The zero-order valence-electron chi connectivity index (χ0n) is 12.5. The molecule has 0 amide bonds. The average molecular weight is 285 g/mol. The predicted molar refractivity (Wildman–Crippen MR) is 82.9 cm³/mol. The average Bonchev–Trinajstić information content (AvgIpc) is 2.69. The molecule has 0 radical (unpaired) electrons. The van der Waals surface area contributed by atoms with Crippen molar-refractivity contribution in [3.05, 3.63) is 55.8 Å². The zero-order valence-corrected chi connectivity index (χ0v) is 12.5. The molecule has 4 heteroatoms. The van der Waals surface area contributed by atoms with Crippen LogP contribution in [0.2, 0.25) is 0 Å². The Morgan fingerprint density at radius 3 is 2.48 bits per heavy atom. The molecule has 3 rings (SSSR count). The quantitative estimate of drug-likeness (QED) is 0.879. The van der Waals surface area contributed by atoms with Gasteiger partial charge in [-0.15, -0.1) is 0 Å². The van der Waals surface area contributed by atoms with Crippen molar-refractivity contribution in [1.82, 2.24) is 0 Å². The van der Waals surface area contributed by atoms with Crippen LogP contribution in [0, 0.1) is 0 Å². The highest BCUT2D eigenvalue weighted by Gasteiger charge is 2.48. The highest BCUT2D eigenvalue weighted by molar-refractivity contribution is 5.67. The van der Waals surface area contributed by atoms with Gasteiger partial charge in [0, 0.05) is 17.6 Å². The molecule has 4 nitrogen and oxygen atoms in total. The number of para-hydroxylation sites is 1. The van der Waals surface area contributed by atoms with Gasteiger partial charge in [-0.05, 0) is 18.1 Å². The van der Waals surface area contributed by atoms with E-state index < -0.39 is 10.9 Å². The molecule has 0 saturated heterocycles. The van der Waals surface area contributed by atoms with Crippen molar-refractivity contribution in [2.75, 3.05) is 11.4 Å². The van der Waals surface area contributed by atoms with Crippen LogP contribution in [0.5, 0.6) is 5.75 Å². The number of hydrogen-bond donors (Lipinski definition) is 1. The zero-order chi connectivity index (χ0) is 15.4. The van der Waals surface area contributed by atoms with Crippen molar-refractivity contribution >= 4 is 5.69 Å². The fourth-order valence-electron chi connectivity index (χ4n) is 3.60. The third-order valence-electron chi connectivity index (χ3n) is 4.56. The summed E-state index contributed by atoms with van der Waals surface area (Å²) in [6.07, 6.45) is 0.928. The van der Waals surface area contributed by atoms with Gasteiger partial charge in [-0.3, -0.25) is 9.59 Å². The second-order valence-corrected chi connectivity index (χ2v) is 6.26. The molecule has 1 aliphatic rings. The van der Waals surface area contributed by atoms with Gasteiger partial charge in [0.15, 0.2) is 5.75 Å². The minimum atomic E-state index is -0.756. The number of fused-ring (bicyclic) bond motifs is 1. The van der Waals surface area contributed by atoms with Gasteiger partial charge in [0.2, 0.25) is 5.43 Å². The van der Waals surface area contributed by atoms with E-state index in [0.29, 0.717) is 0 Å².